The highest BCUT2D eigenvalue weighted by Crippen LogP contribution is 2.31. The van der Waals surface area contributed by atoms with E-state index in [9.17, 15) is 38.0 Å². The van der Waals surface area contributed by atoms with E-state index in [0.717, 1.165) is 37.8 Å². The van der Waals surface area contributed by atoms with E-state index < -0.39 is 35.0 Å². The van der Waals surface area contributed by atoms with Gasteiger partial charge in [-0.1, -0.05) is 37.1 Å². The Kier molecular flexibility index (Phi) is 21.8. The zero-order chi connectivity index (χ0) is 33.7. The van der Waals surface area contributed by atoms with Crippen molar-refractivity contribution >= 4 is 11.9 Å². The highest BCUT2D eigenvalue weighted by atomic mass is 19.4. The fourth-order valence-electron chi connectivity index (χ4n) is 4.30. The Morgan fingerprint density at radius 2 is 1.78 bits per heavy atom. The molecular formula is C32H48F3NO10. The van der Waals surface area contributed by atoms with E-state index in [1.807, 2.05) is 26.8 Å². The van der Waals surface area contributed by atoms with Gasteiger partial charge in [-0.25, -0.2) is 0 Å². The monoisotopic (exact) mass is 663 g/mol. The van der Waals surface area contributed by atoms with Crippen molar-refractivity contribution in [2.45, 2.75) is 109 Å². The summed E-state index contributed by atoms with van der Waals surface area (Å²) in [4.78, 5) is 37.5. The Morgan fingerprint density at radius 1 is 1.09 bits per heavy atom. The molecule has 3 N–H and O–H groups in total. The number of aliphatic hydroxyl groups excluding tert-OH is 1. The SMILES string of the molecule is C/C=C\CCCC(=O)OC(C)C.O.O=C(CCCCCO[N+](=O)[O-])OC(/C=C/C1CCCC1O)COc1cccc(C(F)(F)F)c1. The van der Waals surface area contributed by atoms with Gasteiger partial charge in [-0.3, -0.25) is 9.59 Å². The van der Waals surface area contributed by atoms with Crippen LogP contribution in [0.4, 0.5) is 13.2 Å². The Balaban J connectivity index is 0.00000132. The summed E-state index contributed by atoms with van der Waals surface area (Å²) in [6.45, 7) is 5.46. The van der Waals surface area contributed by atoms with Crippen molar-refractivity contribution < 1.29 is 57.5 Å². The number of benzene rings is 1. The number of carbonyl (C=O) groups excluding carboxylic acids is 2. The minimum Gasteiger partial charge on any atom is -0.489 e. The molecule has 262 valence electrons. The number of esters is 2. The maximum absolute atomic E-state index is 12.9. The number of hydrogen-bond donors (Lipinski definition) is 1. The highest BCUT2D eigenvalue weighted by molar-refractivity contribution is 5.70. The number of aliphatic hydroxyl groups is 1. The van der Waals surface area contributed by atoms with Gasteiger partial charge >= 0.3 is 18.1 Å². The molecule has 11 nitrogen and oxygen atoms in total. The van der Waals surface area contributed by atoms with Crippen molar-refractivity contribution in [3.05, 3.63) is 64.2 Å². The molecule has 0 spiro atoms. The third kappa shape index (κ3) is 20.4. The Morgan fingerprint density at radius 3 is 2.39 bits per heavy atom. The lowest BCUT2D eigenvalue weighted by molar-refractivity contribution is -0.757. The fourth-order valence-corrected chi connectivity index (χ4v) is 4.30. The second-order valence-corrected chi connectivity index (χ2v) is 10.8. The number of nitrogens with zero attached hydrogens (tertiary/aromatic N) is 1. The molecular weight excluding hydrogens is 615 g/mol. The molecule has 0 radical (unpaired) electrons. The van der Waals surface area contributed by atoms with E-state index in [1.54, 1.807) is 12.2 Å². The van der Waals surface area contributed by atoms with Gasteiger partial charge in [-0.15, -0.1) is 10.1 Å². The highest BCUT2D eigenvalue weighted by Gasteiger charge is 2.30. The van der Waals surface area contributed by atoms with Gasteiger partial charge in [0.2, 0.25) is 0 Å². The number of carbonyl (C=O) groups is 2. The summed E-state index contributed by atoms with van der Waals surface area (Å²) in [5.41, 5.74) is -0.848. The maximum atomic E-state index is 12.9. The van der Waals surface area contributed by atoms with Crippen molar-refractivity contribution in [3.63, 3.8) is 0 Å². The fraction of sp³-hybridized carbons (Fsp3) is 0.625. The molecule has 0 aromatic heterocycles. The molecule has 0 saturated heterocycles. The predicted molar refractivity (Wildman–Crippen MR) is 164 cm³/mol. The van der Waals surface area contributed by atoms with Crippen LogP contribution in [0.5, 0.6) is 5.75 Å². The molecule has 0 aliphatic heterocycles. The number of allylic oxidation sites excluding steroid dienone is 2. The van der Waals surface area contributed by atoms with Crippen molar-refractivity contribution in [2.24, 2.45) is 5.92 Å². The van der Waals surface area contributed by atoms with Gasteiger partial charge < -0.3 is 29.6 Å². The van der Waals surface area contributed by atoms with Crippen LogP contribution in [0.15, 0.2) is 48.6 Å². The first-order chi connectivity index (χ1) is 21.3. The molecule has 3 atom stereocenters. The largest absolute Gasteiger partial charge is 0.489 e. The van der Waals surface area contributed by atoms with Gasteiger partial charge in [-0.05, 0) is 83.6 Å². The van der Waals surface area contributed by atoms with Gasteiger partial charge in [0, 0.05) is 18.8 Å². The van der Waals surface area contributed by atoms with E-state index in [4.69, 9.17) is 14.2 Å². The summed E-state index contributed by atoms with van der Waals surface area (Å²) in [6, 6.07) is 4.41. The number of hydrogen-bond acceptors (Lipinski definition) is 9. The quantitative estimate of drug-likeness (QED) is 0.0620. The first-order valence-corrected chi connectivity index (χ1v) is 15.3. The van der Waals surface area contributed by atoms with E-state index in [0.29, 0.717) is 32.1 Å². The summed E-state index contributed by atoms with van der Waals surface area (Å²) >= 11 is 0. The normalized spacial score (nSPS) is 16.8. The molecule has 1 fully saturated rings. The zero-order valence-corrected chi connectivity index (χ0v) is 26.7. The third-order valence-corrected chi connectivity index (χ3v) is 6.54. The number of rotatable bonds is 18. The maximum Gasteiger partial charge on any atom is 0.416 e. The summed E-state index contributed by atoms with van der Waals surface area (Å²) < 4.78 is 54.5. The lowest BCUT2D eigenvalue weighted by Crippen LogP contribution is -2.24. The van der Waals surface area contributed by atoms with Crippen LogP contribution in [-0.2, 0) is 30.1 Å². The minimum absolute atomic E-state index is 0. The number of unbranched alkanes of at least 4 members (excludes halogenated alkanes) is 3. The number of ether oxygens (including phenoxy) is 3. The smallest absolute Gasteiger partial charge is 0.416 e. The van der Waals surface area contributed by atoms with Crippen LogP contribution in [0.3, 0.4) is 0 Å². The summed E-state index contributed by atoms with van der Waals surface area (Å²) in [5, 5.41) is 19.2. The molecule has 1 aliphatic carbocycles. The van der Waals surface area contributed by atoms with Crippen LogP contribution in [0.2, 0.25) is 0 Å². The second kappa shape index (κ2) is 23.7. The van der Waals surface area contributed by atoms with Crippen molar-refractivity contribution in [1.82, 2.24) is 0 Å². The molecule has 1 aromatic carbocycles. The van der Waals surface area contributed by atoms with Crippen molar-refractivity contribution in [3.8, 4) is 5.75 Å². The van der Waals surface area contributed by atoms with Crippen LogP contribution in [0.25, 0.3) is 0 Å². The van der Waals surface area contributed by atoms with Gasteiger partial charge in [0.25, 0.3) is 5.09 Å². The predicted octanol–water partition coefficient (Wildman–Crippen LogP) is 6.34. The Labute approximate surface area is 268 Å². The first-order valence-electron chi connectivity index (χ1n) is 15.3. The van der Waals surface area contributed by atoms with Crippen LogP contribution in [-0.4, -0.2) is 59.1 Å². The van der Waals surface area contributed by atoms with Crippen LogP contribution < -0.4 is 4.74 Å². The molecule has 1 aliphatic rings. The van der Waals surface area contributed by atoms with E-state index in [1.165, 1.54) is 12.1 Å². The standard InChI is InChI=1S/C22H28F3NO7.C10H18O2.H2O/c23-22(24,25)17-7-5-8-18(14-17)31-15-19(12-11-16-6-4-9-20(16)27)33-21(28)10-2-1-3-13-32-26(29)30;1-4-5-6-7-8-10(11)12-9(2)3;/h5,7-8,11-12,14,16,19-20,27H,1-4,6,9-10,13,15H2;4-5,9H,6-8H2,1-3H3;1H2/b12-11+;5-4-;. The van der Waals surface area contributed by atoms with Gasteiger partial charge in [0.05, 0.1) is 24.4 Å². The molecule has 0 amide bonds. The third-order valence-electron chi connectivity index (χ3n) is 6.54. The number of halogens is 3. The average Bonchev–Trinajstić information content (AvgIpc) is 3.38. The van der Waals surface area contributed by atoms with E-state index >= 15 is 0 Å². The minimum atomic E-state index is -4.51. The Bertz CT molecular complexity index is 1080. The summed E-state index contributed by atoms with van der Waals surface area (Å²) in [5.74, 6) is -0.707. The zero-order valence-electron chi connectivity index (χ0n) is 26.7. The average molecular weight is 664 g/mol. The Hall–Kier alpha value is -3.65. The van der Waals surface area contributed by atoms with Gasteiger partial charge in [-0.2, -0.15) is 13.2 Å². The van der Waals surface area contributed by atoms with Crippen LogP contribution in [0.1, 0.15) is 90.5 Å². The van der Waals surface area contributed by atoms with Crippen molar-refractivity contribution in [2.75, 3.05) is 13.2 Å². The summed E-state index contributed by atoms with van der Waals surface area (Å²) in [7, 11) is 0. The van der Waals surface area contributed by atoms with E-state index in [-0.39, 0.29) is 48.9 Å². The molecule has 46 heavy (non-hydrogen) atoms. The lowest BCUT2D eigenvalue weighted by atomic mass is 10.0. The number of alkyl halides is 3. The van der Waals surface area contributed by atoms with Crippen LogP contribution >= 0.6 is 0 Å². The van der Waals surface area contributed by atoms with Gasteiger partial charge in [0.1, 0.15) is 12.4 Å². The van der Waals surface area contributed by atoms with Crippen LogP contribution in [0, 0.1) is 16.0 Å². The molecule has 0 bridgehead atoms. The van der Waals surface area contributed by atoms with Crippen molar-refractivity contribution in [1.29, 1.82) is 0 Å². The topological polar surface area (TPSA) is 166 Å². The molecule has 3 unspecified atom stereocenters. The second-order valence-electron chi connectivity index (χ2n) is 10.8. The molecule has 0 heterocycles. The molecule has 1 aromatic rings. The van der Waals surface area contributed by atoms with E-state index in [2.05, 4.69) is 10.9 Å². The summed E-state index contributed by atoms with van der Waals surface area (Å²) in [6.07, 6.45) is 7.74. The lowest BCUT2D eigenvalue weighted by Gasteiger charge is -2.17. The first kappa shape index (κ1) is 42.3. The van der Waals surface area contributed by atoms with Gasteiger partial charge in [0.15, 0.2) is 6.10 Å². The molecule has 1 saturated carbocycles. The molecule has 2 rings (SSSR count). The molecule has 14 heteroatoms.